The van der Waals surface area contributed by atoms with Gasteiger partial charge in [-0.1, -0.05) is 24.3 Å². The summed E-state index contributed by atoms with van der Waals surface area (Å²) in [6.07, 6.45) is 0.854. The largest absolute Gasteiger partial charge is 0.489 e. The maximum Gasteiger partial charge on any atom is 0.335 e. The van der Waals surface area contributed by atoms with Gasteiger partial charge in [-0.05, 0) is 55.3 Å². The van der Waals surface area contributed by atoms with E-state index in [0.29, 0.717) is 11.4 Å². The van der Waals surface area contributed by atoms with E-state index >= 15 is 0 Å². The third-order valence-electron chi connectivity index (χ3n) is 4.08. The van der Waals surface area contributed by atoms with Crippen molar-refractivity contribution in [2.24, 2.45) is 0 Å². The minimum Gasteiger partial charge on any atom is -0.489 e. The topological polar surface area (TPSA) is 75.6 Å². The number of nitrogens with one attached hydrogen (secondary N) is 1. The number of ether oxygens (including phenoxy) is 1. The monoisotopic (exact) mass is 371 g/mol. The molecule has 1 aliphatic rings. The number of carbonyl (C=O) groups is 2. The van der Waals surface area contributed by atoms with Crippen LogP contribution in [-0.2, 0) is 11.2 Å². The molecule has 0 spiro atoms. The SMILES string of the molecule is CC(C)Oc1ccc(C(=O)O)cc1NC(=O)C1SCCc2ccccc21. The van der Waals surface area contributed by atoms with Crippen LogP contribution in [-0.4, -0.2) is 28.8 Å². The predicted octanol–water partition coefficient (Wildman–Crippen LogP) is 4.14. The van der Waals surface area contributed by atoms with Gasteiger partial charge in [-0.25, -0.2) is 4.79 Å². The Balaban J connectivity index is 1.89. The Kier molecular flexibility index (Phi) is 5.52. The summed E-state index contributed by atoms with van der Waals surface area (Å²) >= 11 is 1.59. The van der Waals surface area contributed by atoms with Gasteiger partial charge in [0, 0.05) is 0 Å². The molecule has 2 N–H and O–H groups in total. The van der Waals surface area contributed by atoms with Crippen LogP contribution < -0.4 is 10.1 Å². The quantitative estimate of drug-likeness (QED) is 0.826. The second-order valence-corrected chi connectivity index (χ2v) is 7.58. The number of thioether (sulfide) groups is 1. The Hall–Kier alpha value is -2.47. The van der Waals surface area contributed by atoms with Crippen molar-refractivity contribution >= 4 is 29.3 Å². The summed E-state index contributed by atoms with van der Waals surface area (Å²) in [5, 5.41) is 11.8. The molecule has 1 aliphatic heterocycles. The Labute approximate surface area is 156 Å². The minimum atomic E-state index is -1.05. The molecule has 1 unspecified atom stereocenters. The van der Waals surface area contributed by atoms with Crippen LogP contribution in [0.2, 0.25) is 0 Å². The molecular formula is C20H21NO4S. The average molecular weight is 371 g/mol. The number of hydrogen-bond donors (Lipinski definition) is 2. The number of aromatic carboxylic acids is 1. The molecular weight excluding hydrogens is 350 g/mol. The number of hydrogen-bond acceptors (Lipinski definition) is 4. The summed E-state index contributed by atoms with van der Waals surface area (Å²) in [4.78, 5) is 24.2. The van der Waals surface area contributed by atoms with Crippen LogP contribution in [0.3, 0.4) is 0 Å². The fourth-order valence-electron chi connectivity index (χ4n) is 2.93. The highest BCUT2D eigenvalue weighted by molar-refractivity contribution is 8.00. The van der Waals surface area contributed by atoms with Gasteiger partial charge in [-0.2, -0.15) is 0 Å². The highest BCUT2D eigenvalue weighted by Crippen LogP contribution is 2.38. The lowest BCUT2D eigenvalue weighted by atomic mass is 10.0. The van der Waals surface area contributed by atoms with Gasteiger partial charge in [-0.3, -0.25) is 4.79 Å². The molecule has 1 heterocycles. The van der Waals surface area contributed by atoms with Crippen molar-refractivity contribution in [2.75, 3.05) is 11.1 Å². The molecule has 0 fully saturated rings. The Morgan fingerprint density at radius 2 is 2.00 bits per heavy atom. The third kappa shape index (κ3) is 4.02. The number of rotatable bonds is 5. The summed E-state index contributed by atoms with van der Waals surface area (Å²) in [7, 11) is 0. The molecule has 0 aromatic heterocycles. The lowest BCUT2D eigenvalue weighted by Crippen LogP contribution is -2.23. The molecule has 136 valence electrons. The lowest BCUT2D eigenvalue weighted by Gasteiger charge is -2.25. The van der Waals surface area contributed by atoms with Gasteiger partial charge in [0.15, 0.2) is 0 Å². The molecule has 0 saturated carbocycles. The number of carbonyl (C=O) groups excluding carboxylic acids is 1. The van der Waals surface area contributed by atoms with Crippen LogP contribution >= 0.6 is 11.8 Å². The van der Waals surface area contributed by atoms with Gasteiger partial charge >= 0.3 is 5.97 Å². The van der Waals surface area contributed by atoms with Crippen molar-refractivity contribution in [2.45, 2.75) is 31.6 Å². The molecule has 0 bridgehead atoms. The summed E-state index contributed by atoms with van der Waals surface area (Å²) in [5.41, 5.74) is 2.69. The molecule has 1 amide bonds. The second-order valence-electron chi connectivity index (χ2n) is 6.37. The standard InChI is InChI=1S/C20H21NO4S/c1-12(2)25-17-8-7-14(20(23)24)11-16(17)21-19(22)18-15-6-4-3-5-13(15)9-10-26-18/h3-8,11-12,18H,9-10H2,1-2H3,(H,21,22)(H,23,24). The molecule has 0 radical (unpaired) electrons. The zero-order chi connectivity index (χ0) is 18.7. The van der Waals surface area contributed by atoms with Crippen LogP contribution in [0.25, 0.3) is 0 Å². The minimum absolute atomic E-state index is 0.0916. The predicted molar refractivity (Wildman–Crippen MR) is 103 cm³/mol. The van der Waals surface area contributed by atoms with Gasteiger partial charge in [-0.15, -0.1) is 11.8 Å². The van der Waals surface area contributed by atoms with Gasteiger partial charge < -0.3 is 15.2 Å². The first-order chi connectivity index (χ1) is 12.5. The van der Waals surface area contributed by atoms with Crippen molar-refractivity contribution in [3.05, 3.63) is 59.2 Å². The van der Waals surface area contributed by atoms with Crippen LogP contribution in [0.1, 0.15) is 40.6 Å². The van der Waals surface area contributed by atoms with Crippen LogP contribution in [0.15, 0.2) is 42.5 Å². The van der Waals surface area contributed by atoms with Crippen molar-refractivity contribution in [3.8, 4) is 5.75 Å². The van der Waals surface area contributed by atoms with Gasteiger partial charge in [0.05, 0.1) is 17.4 Å². The average Bonchev–Trinajstić information content (AvgIpc) is 2.62. The van der Waals surface area contributed by atoms with E-state index < -0.39 is 5.97 Å². The molecule has 2 aromatic carbocycles. The number of aryl methyl sites for hydroxylation is 1. The molecule has 3 rings (SSSR count). The van der Waals surface area contributed by atoms with Crippen molar-refractivity contribution in [3.63, 3.8) is 0 Å². The smallest absolute Gasteiger partial charge is 0.335 e. The molecule has 1 atom stereocenters. The van der Waals surface area contributed by atoms with Crippen LogP contribution in [0.4, 0.5) is 5.69 Å². The Morgan fingerprint density at radius 1 is 1.23 bits per heavy atom. The van der Waals surface area contributed by atoms with Crippen molar-refractivity contribution < 1.29 is 19.4 Å². The third-order valence-corrected chi connectivity index (χ3v) is 5.32. The fourth-order valence-corrected chi connectivity index (χ4v) is 4.12. The Bertz CT molecular complexity index is 834. The van der Waals surface area contributed by atoms with E-state index in [9.17, 15) is 14.7 Å². The van der Waals surface area contributed by atoms with E-state index in [4.69, 9.17) is 4.74 Å². The van der Waals surface area contributed by atoms with Crippen molar-refractivity contribution in [1.29, 1.82) is 0 Å². The highest BCUT2D eigenvalue weighted by atomic mass is 32.2. The van der Waals surface area contributed by atoms with E-state index in [-0.39, 0.29) is 22.8 Å². The Morgan fingerprint density at radius 3 is 2.73 bits per heavy atom. The van der Waals surface area contributed by atoms with E-state index in [2.05, 4.69) is 5.32 Å². The first kappa shape index (κ1) is 18.3. The second kappa shape index (κ2) is 7.83. The number of benzene rings is 2. The van der Waals surface area contributed by atoms with Gasteiger partial charge in [0.2, 0.25) is 5.91 Å². The normalized spacial score (nSPS) is 16.0. The zero-order valence-electron chi connectivity index (χ0n) is 14.7. The van der Waals surface area contributed by atoms with E-state index in [1.54, 1.807) is 17.8 Å². The van der Waals surface area contributed by atoms with E-state index in [0.717, 1.165) is 17.7 Å². The van der Waals surface area contributed by atoms with Crippen LogP contribution in [0.5, 0.6) is 5.75 Å². The molecule has 26 heavy (non-hydrogen) atoms. The molecule has 0 aliphatic carbocycles. The molecule has 2 aromatic rings. The number of anilines is 1. The number of fused-ring (bicyclic) bond motifs is 1. The molecule has 6 heteroatoms. The molecule has 0 saturated heterocycles. The lowest BCUT2D eigenvalue weighted by molar-refractivity contribution is -0.115. The summed E-state index contributed by atoms with van der Waals surface area (Å²) in [5.74, 6) is 0.124. The van der Waals surface area contributed by atoms with E-state index in [1.807, 2.05) is 38.1 Å². The summed E-state index contributed by atoms with van der Waals surface area (Å²) in [6, 6.07) is 12.4. The highest BCUT2D eigenvalue weighted by Gasteiger charge is 2.27. The summed E-state index contributed by atoms with van der Waals surface area (Å²) in [6.45, 7) is 3.76. The first-order valence-corrected chi connectivity index (χ1v) is 9.55. The van der Waals surface area contributed by atoms with Gasteiger partial charge in [0.25, 0.3) is 0 Å². The number of amides is 1. The first-order valence-electron chi connectivity index (χ1n) is 8.50. The summed E-state index contributed by atoms with van der Waals surface area (Å²) < 4.78 is 5.72. The fraction of sp³-hybridized carbons (Fsp3) is 0.300. The maximum absolute atomic E-state index is 12.9. The van der Waals surface area contributed by atoms with E-state index in [1.165, 1.54) is 17.7 Å². The van der Waals surface area contributed by atoms with Crippen LogP contribution in [0, 0.1) is 0 Å². The zero-order valence-corrected chi connectivity index (χ0v) is 15.5. The van der Waals surface area contributed by atoms with Crippen molar-refractivity contribution in [1.82, 2.24) is 0 Å². The van der Waals surface area contributed by atoms with Gasteiger partial charge in [0.1, 0.15) is 11.0 Å². The number of carboxylic acid groups (broad SMARTS) is 1. The molecule has 5 nitrogen and oxygen atoms in total. The maximum atomic E-state index is 12.9. The number of carboxylic acids is 1.